The molecule has 1 aliphatic heterocycles. The molecule has 0 aliphatic carbocycles. The van der Waals surface area contributed by atoms with E-state index in [0.29, 0.717) is 26.1 Å². The van der Waals surface area contributed by atoms with E-state index in [1.54, 1.807) is 6.07 Å². The molecular weight excluding hydrogens is 192 g/mol. The third kappa shape index (κ3) is 2.95. The molecule has 0 unspecified atom stereocenters. The summed E-state index contributed by atoms with van der Waals surface area (Å²) in [5.41, 5.74) is 0. The third-order valence-corrected chi connectivity index (χ3v) is 3.86. The number of rotatable bonds is 3. The van der Waals surface area contributed by atoms with Crippen molar-refractivity contribution in [1.82, 2.24) is 4.72 Å². The van der Waals surface area contributed by atoms with Crippen molar-refractivity contribution in [2.45, 2.75) is 18.1 Å². The van der Waals surface area contributed by atoms with Crippen LogP contribution in [0.2, 0.25) is 0 Å². The van der Waals surface area contributed by atoms with Gasteiger partial charge in [0.15, 0.2) is 0 Å². The minimum atomic E-state index is -3.30. The normalized spacial score (nSPS) is 19.6. The second-order valence-corrected chi connectivity index (χ2v) is 4.88. The number of nitrogens with zero attached hydrogens (tertiary/aromatic N) is 1. The Morgan fingerprint density at radius 2 is 2.08 bits per heavy atom. The largest absolute Gasteiger partial charge is 0.381 e. The molecule has 0 atom stereocenters. The Morgan fingerprint density at radius 1 is 1.46 bits per heavy atom. The highest BCUT2D eigenvalue weighted by Gasteiger charge is 2.26. The van der Waals surface area contributed by atoms with Crippen LogP contribution < -0.4 is 4.72 Å². The van der Waals surface area contributed by atoms with E-state index >= 15 is 0 Å². The smallest absolute Gasteiger partial charge is 0.215 e. The summed E-state index contributed by atoms with van der Waals surface area (Å²) in [6, 6.07) is 1.74. The lowest BCUT2D eigenvalue weighted by atomic mass is 10.2. The lowest BCUT2D eigenvalue weighted by molar-refractivity contribution is 0.0982. The summed E-state index contributed by atoms with van der Waals surface area (Å²) in [6.45, 7) is 0.815. The Bertz CT molecular complexity index is 287. The van der Waals surface area contributed by atoms with E-state index in [9.17, 15) is 8.42 Å². The van der Waals surface area contributed by atoms with Crippen LogP contribution in [0.5, 0.6) is 0 Å². The van der Waals surface area contributed by atoms with E-state index < -0.39 is 15.3 Å². The summed E-state index contributed by atoms with van der Waals surface area (Å²) >= 11 is 0. The summed E-state index contributed by atoms with van der Waals surface area (Å²) in [4.78, 5) is 0. The molecule has 1 aliphatic rings. The van der Waals surface area contributed by atoms with Gasteiger partial charge in [-0.05, 0) is 12.8 Å². The first kappa shape index (κ1) is 10.4. The molecule has 0 aromatic carbocycles. The molecular formula is C7H12N2O3S. The molecule has 1 heterocycles. The molecule has 0 aromatic heterocycles. The highest BCUT2D eigenvalue weighted by Crippen LogP contribution is 2.14. The maximum absolute atomic E-state index is 11.4. The molecule has 1 saturated heterocycles. The van der Waals surface area contributed by atoms with E-state index in [-0.39, 0.29) is 6.54 Å². The lowest BCUT2D eigenvalue weighted by Gasteiger charge is -2.21. The molecule has 1 N–H and O–H groups in total. The monoisotopic (exact) mass is 204 g/mol. The minimum Gasteiger partial charge on any atom is -0.381 e. The molecule has 6 heteroatoms. The van der Waals surface area contributed by atoms with E-state index in [0.717, 1.165) is 0 Å². The Labute approximate surface area is 77.7 Å². The van der Waals surface area contributed by atoms with Gasteiger partial charge >= 0.3 is 0 Å². The van der Waals surface area contributed by atoms with Gasteiger partial charge < -0.3 is 4.74 Å². The number of ether oxygens (including phenoxy) is 1. The summed E-state index contributed by atoms with van der Waals surface area (Å²) in [7, 11) is -3.30. The Balaban J connectivity index is 2.53. The molecule has 74 valence electrons. The highest BCUT2D eigenvalue weighted by atomic mass is 32.2. The van der Waals surface area contributed by atoms with Crippen molar-refractivity contribution < 1.29 is 13.2 Å². The van der Waals surface area contributed by atoms with Crippen molar-refractivity contribution in [3.8, 4) is 6.07 Å². The van der Waals surface area contributed by atoms with E-state index in [1.807, 2.05) is 0 Å². The molecule has 0 aromatic rings. The second kappa shape index (κ2) is 4.56. The lowest BCUT2D eigenvalue weighted by Crippen LogP contribution is -2.38. The maximum atomic E-state index is 11.4. The standard InChI is InChI=1S/C7H12N2O3S/c8-3-4-9-13(10,11)7-1-5-12-6-2-7/h7,9H,1-2,4-6H2. The first-order valence-corrected chi connectivity index (χ1v) is 5.64. The van der Waals surface area contributed by atoms with Gasteiger partial charge in [-0.3, -0.25) is 0 Å². The zero-order valence-corrected chi connectivity index (χ0v) is 8.01. The van der Waals surface area contributed by atoms with Crippen molar-refractivity contribution >= 4 is 10.0 Å². The Kier molecular flexibility index (Phi) is 3.66. The molecule has 0 radical (unpaired) electrons. The average Bonchev–Trinajstić information content (AvgIpc) is 2.16. The van der Waals surface area contributed by atoms with Crippen LogP contribution in [0.15, 0.2) is 0 Å². The number of hydrogen-bond acceptors (Lipinski definition) is 4. The molecule has 0 saturated carbocycles. The average molecular weight is 204 g/mol. The van der Waals surface area contributed by atoms with Gasteiger partial charge in [0.2, 0.25) is 10.0 Å². The third-order valence-electron chi connectivity index (χ3n) is 1.96. The number of hydrogen-bond donors (Lipinski definition) is 1. The predicted octanol–water partition coefficient (Wildman–Crippen LogP) is -0.392. The molecule has 0 bridgehead atoms. The maximum Gasteiger partial charge on any atom is 0.215 e. The van der Waals surface area contributed by atoms with Crippen molar-refractivity contribution in [2.24, 2.45) is 0 Å². The first-order chi connectivity index (χ1) is 6.17. The quantitative estimate of drug-likeness (QED) is 0.635. The van der Waals surface area contributed by atoms with Gasteiger partial charge in [0.25, 0.3) is 0 Å². The molecule has 0 amide bonds. The van der Waals surface area contributed by atoms with E-state index in [1.165, 1.54) is 0 Å². The van der Waals surface area contributed by atoms with E-state index in [4.69, 9.17) is 10.00 Å². The van der Waals surface area contributed by atoms with Gasteiger partial charge in [-0.25, -0.2) is 13.1 Å². The van der Waals surface area contributed by atoms with Crippen LogP contribution in [-0.4, -0.2) is 33.4 Å². The van der Waals surface area contributed by atoms with Crippen molar-refractivity contribution in [3.63, 3.8) is 0 Å². The van der Waals surface area contributed by atoms with Crippen LogP contribution in [0.25, 0.3) is 0 Å². The molecule has 1 rings (SSSR count). The minimum absolute atomic E-state index is 0.153. The first-order valence-electron chi connectivity index (χ1n) is 4.10. The zero-order chi connectivity index (χ0) is 9.73. The van der Waals surface area contributed by atoms with Crippen LogP contribution in [0.4, 0.5) is 0 Å². The van der Waals surface area contributed by atoms with Gasteiger partial charge in [-0.2, -0.15) is 5.26 Å². The fraction of sp³-hybridized carbons (Fsp3) is 0.857. The van der Waals surface area contributed by atoms with Crippen molar-refractivity contribution in [2.75, 3.05) is 19.8 Å². The Morgan fingerprint density at radius 3 is 2.62 bits per heavy atom. The Hall–Kier alpha value is -0.640. The van der Waals surface area contributed by atoms with Crippen molar-refractivity contribution in [1.29, 1.82) is 5.26 Å². The van der Waals surface area contributed by atoms with Gasteiger partial charge in [0.1, 0.15) is 0 Å². The van der Waals surface area contributed by atoms with Crippen LogP contribution in [0.1, 0.15) is 12.8 Å². The number of nitrogens with one attached hydrogen (secondary N) is 1. The van der Waals surface area contributed by atoms with Crippen molar-refractivity contribution in [3.05, 3.63) is 0 Å². The summed E-state index contributed by atoms with van der Waals surface area (Å²) in [6.07, 6.45) is 1.03. The summed E-state index contributed by atoms with van der Waals surface area (Å²) in [5, 5.41) is 7.83. The van der Waals surface area contributed by atoms with Crippen LogP contribution in [0, 0.1) is 11.3 Å². The van der Waals surface area contributed by atoms with Crippen LogP contribution in [-0.2, 0) is 14.8 Å². The summed E-state index contributed by atoms with van der Waals surface area (Å²) < 4.78 is 30.1. The number of nitriles is 1. The fourth-order valence-electron chi connectivity index (χ4n) is 1.24. The van der Waals surface area contributed by atoms with Gasteiger partial charge in [0.05, 0.1) is 17.9 Å². The SMILES string of the molecule is N#CCNS(=O)(=O)C1CCOCC1. The molecule has 1 fully saturated rings. The molecule has 13 heavy (non-hydrogen) atoms. The van der Waals surface area contributed by atoms with Crippen LogP contribution >= 0.6 is 0 Å². The van der Waals surface area contributed by atoms with Gasteiger partial charge in [-0.15, -0.1) is 0 Å². The fourth-order valence-corrected chi connectivity index (χ4v) is 2.55. The highest BCUT2D eigenvalue weighted by molar-refractivity contribution is 7.90. The number of sulfonamides is 1. The van der Waals surface area contributed by atoms with Gasteiger partial charge in [-0.1, -0.05) is 0 Å². The second-order valence-electron chi connectivity index (χ2n) is 2.84. The zero-order valence-electron chi connectivity index (χ0n) is 7.19. The summed E-state index contributed by atoms with van der Waals surface area (Å²) in [5.74, 6) is 0. The predicted molar refractivity (Wildman–Crippen MR) is 46.4 cm³/mol. The molecule has 0 spiro atoms. The molecule has 5 nitrogen and oxygen atoms in total. The topological polar surface area (TPSA) is 79.2 Å². The van der Waals surface area contributed by atoms with Gasteiger partial charge in [0, 0.05) is 13.2 Å². The van der Waals surface area contributed by atoms with Crippen LogP contribution in [0.3, 0.4) is 0 Å². The van der Waals surface area contributed by atoms with E-state index in [2.05, 4.69) is 4.72 Å².